The third-order valence-electron chi connectivity index (χ3n) is 4.30. The van der Waals surface area contributed by atoms with Gasteiger partial charge in [-0.05, 0) is 41.5 Å². The molecule has 6 heteroatoms. The highest BCUT2D eigenvalue weighted by molar-refractivity contribution is 6.31. The van der Waals surface area contributed by atoms with Crippen LogP contribution >= 0.6 is 23.2 Å². The van der Waals surface area contributed by atoms with Gasteiger partial charge in [-0.1, -0.05) is 65.7 Å². The number of rotatable bonds is 4. The van der Waals surface area contributed by atoms with E-state index in [0.29, 0.717) is 15.7 Å². The van der Waals surface area contributed by atoms with Crippen LogP contribution in [0.15, 0.2) is 77.9 Å². The molecule has 0 bridgehead atoms. The molecule has 0 aliphatic heterocycles. The summed E-state index contributed by atoms with van der Waals surface area (Å²) in [4.78, 5) is 16.0. The van der Waals surface area contributed by atoms with Crippen molar-refractivity contribution in [2.24, 2.45) is 5.10 Å². The number of benzene rings is 3. The first-order chi connectivity index (χ1) is 13.6. The second-order valence-electron chi connectivity index (χ2n) is 6.18. The van der Waals surface area contributed by atoms with Gasteiger partial charge in [0.2, 0.25) is 0 Å². The molecule has 0 fully saturated rings. The van der Waals surface area contributed by atoms with E-state index < -0.39 is 0 Å². The topological polar surface area (TPSA) is 57.2 Å². The number of carbonyl (C=O) groups excluding carboxylic acids is 1. The maximum atomic E-state index is 12.8. The number of nitrogens with zero attached hydrogens (tertiary/aromatic N) is 1. The predicted octanol–water partition coefficient (Wildman–Crippen LogP) is 5.91. The standard InChI is InChI=1S/C22H15Cl2N3O/c23-16-8-6-14(7-9-16)13-25-27-22(28)21-20(15-4-2-1-3-5-15)18-12-17(24)10-11-19(18)26-21/h1-13,26H,(H,27,28)/b25-13+. The first-order valence-electron chi connectivity index (χ1n) is 8.57. The monoisotopic (exact) mass is 407 g/mol. The number of amides is 1. The number of fused-ring (bicyclic) bond motifs is 1. The molecule has 0 spiro atoms. The van der Waals surface area contributed by atoms with E-state index in [1.165, 1.54) is 0 Å². The molecule has 0 aliphatic rings. The Balaban J connectivity index is 1.69. The summed E-state index contributed by atoms with van der Waals surface area (Å²) >= 11 is 12.1. The van der Waals surface area contributed by atoms with Crippen molar-refractivity contribution in [1.29, 1.82) is 0 Å². The van der Waals surface area contributed by atoms with Crippen LogP contribution in [0.2, 0.25) is 10.0 Å². The second kappa shape index (κ2) is 7.89. The minimum absolute atomic E-state index is 0.337. The largest absolute Gasteiger partial charge is 0.350 e. The fourth-order valence-electron chi connectivity index (χ4n) is 3.01. The Labute approximate surface area is 171 Å². The zero-order valence-electron chi connectivity index (χ0n) is 14.6. The van der Waals surface area contributed by atoms with Crippen molar-refractivity contribution < 1.29 is 4.79 Å². The lowest BCUT2D eigenvalue weighted by Gasteiger charge is -2.04. The fourth-order valence-corrected chi connectivity index (χ4v) is 3.31. The summed E-state index contributed by atoms with van der Waals surface area (Å²) < 4.78 is 0. The lowest BCUT2D eigenvalue weighted by Crippen LogP contribution is -2.18. The van der Waals surface area contributed by atoms with Crippen molar-refractivity contribution in [2.75, 3.05) is 0 Å². The molecular weight excluding hydrogens is 393 g/mol. The highest BCUT2D eigenvalue weighted by atomic mass is 35.5. The lowest BCUT2D eigenvalue weighted by atomic mass is 10.0. The van der Waals surface area contributed by atoms with Gasteiger partial charge in [0.1, 0.15) is 5.69 Å². The van der Waals surface area contributed by atoms with Gasteiger partial charge in [0.25, 0.3) is 5.91 Å². The van der Waals surface area contributed by atoms with Crippen LogP contribution < -0.4 is 5.43 Å². The Hall–Kier alpha value is -3.08. The van der Waals surface area contributed by atoms with Crippen molar-refractivity contribution in [3.8, 4) is 11.1 Å². The van der Waals surface area contributed by atoms with E-state index in [4.69, 9.17) is 23.2 Å². The Morgan fingerprint density at radius 2 is 1.64 bits per heavy atom. The molecule has 0 saturated heterocycles. The second-order valence-corrected chi connectivity index (χ2v) is 7.05. The van der Waals surface area contributed by atoms with Gasteiger partial charge in [-0.15, -0.1) is 0 Å². The van der Waals surface area contributed by atoms with E-state index in [1.54, 1.807) is 24.4 Å². The molecular formula is C22H15Cl2N3O. The number of H-pyrrole nitrogens is 1. The molecule has 1 aromatic heterocycles. The molecule has 0 radical (unpaired) electrons. The highest BCUT2D eigenvalue weighted by Crippen LogP contribution is 2.34. The van der Waals surface area contributed by atoms with E-state index >= 15 is 0 Å². The molecule has 1 amide bonds. The number of hydrazone groups is 1. The Morgan fingerprint density at radius 1 is 0.929 bits per heavy atom. The molecule has 4 aromatic rings. The molecule has 0 unspecified atom stereocenters. The number of halogens is 2. The van der Waals surface area contributed by atoms with E-state index in [-0.39, 0.29) is 5.91 Å². The van der Waals surface area contributed by atoms with Gasteiger partial charge < -0.3 is 4.98 Å². The summed E-state index contributed by atoms with van der Waals surface area (Å²) in [5, 5.41) is 6.19. The molecule has 0 atom stereocenters. The van der Waals surface area contributed by atoms with Crippen LogP contribution in [0.25, 0.3) is 22.0 Å². The number of aromatic amines is 1. The Kier molecular flexibility index (Phi) is 5.15. The van der Waals surface area contributed by atoms with E-state index in [1.807, 2.05) is 54.6 Å². The van der Waals surface area contributed by atoms with E-state index in [0.717, 1.165) is 27.6 Å². The van der Waals surface area contributed by atoms with E-state index in [9.17, 15) is 4.79 Å². The predicted molar refractivity (Wildman–Crippen MR) is 115 cm³/mol. The minimum Gasteiger partial charge on any atom is -0.350 e. The van der Waals surface area contributed by atoms with Gasteiger partial charge in [-0.25, -0.2) is 5.43 Å². The molecule has 28 heavy (non-hydrogen) atoms. The summed E-state index contributed by atoms with van der Waals surface area (Å²) in [5.74, 6) is -0.337. The zero-order valence-corrected chi connectivity index (χ0v) is 16.1. The van der Waals surface area contributed by atoms with Crippen molar-refractivity contribution in [3.05, 3.63) is 94.1 Å². The van der Waals surface area contributed by atoms with E-state index in [2.05, 4.69) is 15.5 Å². The van der Waals surface area contributed by atoms with Crippen molar-refractivity contribution in [3.63, 3.8) is 0 Å². The van der Waals surface area contributed by atoms with Crippen LogP contribution in [-0.4, -0.2) is 17.1 Å². The van der Waals surface area contributed by atoms with Crippen molar-refractivity contribution >= 4 is 46.2 Å². The minimum atomic E-state index is -0.337. The molecule has 1 heterocycles. The third-order valence-corrected chi connectivity index (χ3v) is 4.79. The zero-order chi connectivity index (χ0) is 19.5. The molecule has 0 aliphatic carbocycles. The first-order valence-corrected chi connectivity index (χ1v) is 9.33. The fraction of sp³-hybridized carbons (Fsp3) is 0. The SMILES string of the molecule is O=C(N/N=C/c1ccc(Cl)cc1)c1[nH]c2ccc(Cl)cc2c1-c1ccccc1. The van der Waals surface area contributed by atoms with Crippen LogP contribution in [0, 0.1) is 0 Å². The van der Waals surface area contributed by atoms with Gasteiger partial charge in [0, 0.05) is 26.5 Å². The lowest BCUT2D eigenvalue weighted by molar-refractivity contribution is 0.0951. The molecule has 3 aromatic carbocycles. The quantitative estimate of drug-likeness (QED) is 0.320. The van der Waals surface area contributed by atoms with Crippen LogP contribution in [0.1, 0.15) is 16.1 Å². The van der Waals surface area contributed by atoms with Crippen LogP contribution in [0.5, 0.6) is 0 Å². The Bertz CT molecular complexity index is 1170. The molecule has 4 nitrogen and oxygen atoms in total. The number of carbonyl (C=O) groups is 1. The summed E-state index contributed by atoms with van der Waals surface area (Å²) in [5.41, 5.74) is 6.38. The summed E-state index contributed by atoms with van der Waals surface area (Å²) in [6, 6.07) is 22.4. The average Bonchev–Trinajstić information content (AvgIpc) is 3.09. The maximum Gasteiger partial charge on any atom is 0.288 e. The molecule has 138 valence electrons. The highest BCUT2D eigenvalue weighted by Gasteiger charge is 2.19. The van der Waals surface area contributed by atoms with Crippen LogP contribution in [0.4, 0.5) is 0 Å². The Morgan fingerprint density at radius 3 is 2.39 bits per heavy atom. The van der Waals surface area contributed by atoms with Gasteiger partial charge >= 0.3 is 0 Å². The summed E-state index contributed by atoms with van der Waals surface area (Å²) in [6.45, 7) is 0. The third kappa shape index (κ3) is 3.79. The number of hydrogen-bond acceptors (Lipinski definition) is 2. The number of hydrogen-bond donors (Lipinski definition) is 2. The smallest absolute Gasteiger partial charge is 0.288 e. The number of nitrogens with one attached hydrogen (secondary N) is 2. The van der Waals surface area contributed by atoms with Gasteiger partial charge in [0.15, 0.2) is 0 Å². The molecule has 4 rings (SSSR count). The first kappa shape index (κ1) is 18.3. The van der Waals surface area contributed by atoms with Gasteiger partial charge in [0.05, 0.1) is 6.21 Å². The van der Waals surface area contributed by atoms with Gasteiger partial charge in [-0.3, -0.25) is 4.79 Å². The van der Waals surface area contributed by atoms with Crippen molar-refractivity contribution in [1.82, 2.24) is 10.4 Å². The summed E-state index contributed by atoms with van der Waals surface area (Å²) in [7, 11) is 0. The normalized spacial score (nSPS) is 11.2. The van der Waals surface area contributed by atoms with Gasteiger partial charge in [-0.2, -0.15) is 5.10 Å². The molecule has 2 N–H and O–H groups in total. The number of aromatic nitrogens is 1. The average molecular weight is 408 g/mol. The maximum absolute atomic E-state index is 12.8. The summed E-state index contributed by atoms with van der Waals surface area (Å²) in [6.07, 6.45) is 1.57. The molecule has 0 saturated carbocycles. The van der Waals surface area contributed by atoms with Crippen LogP contribution in [0.3, 0.4) is 0 Å². The van der Waals surface area contributed by atoms with Crippen molar-refractivity contribution in [2.45, 2.75) is 0 Å². The van der Waals surface area contributed by atoms with Crippen LogP contribution in [-0.2, 0) is 0 Å².